The molecule has 0 radical (unpaired) electrons. The third kappa shape index (κ3) is 7.89. The van der Waals surface area contributed by atoms with Gasteiger partial charge in [0.15, 0.2) is 0 Å². The van der Waals surface area contributed by atoms with Crippen LogP contribution in [0.5, 0.6) is 0 Å². The van der Waals surface area contributed by atoms with Crippen molar-refractivity contribution in [1.82, 2.24) is 4.90 Å². The lowest BCUT2D eigenvalue weighted by molar-refractivity contribution is -0.143. The quantitative estimate of drug-likeness (QED) is 0.176. The average Bonchev–Trinajstić information content (AvgIpc) is 3.11. The molecule has 43 heavy (non-hydrogen) atoms. The van der Waals surface area contributed by atoms with Crippen molar-refractivity contribution in [2.45, 2.75) is 31.1 Å². The first kappa shape index (κ1) is 31.5. The van der Waals surface area contributed by atoms with Gasteiger partial charge in [0.2, 0.25) is 0 Å². The lowest BCUT2D eigenvalue weighted by Gasteiger charge is -2.17. The Balaban J connectivity index is 1.56. The fourth-order valence-electron chi connectivity index (χ4n) is 4.03. The van der Waals surface area contributed by atoms with Crippen molar-refractivity contribution in [1.29, 1.82) is 0 Å². The first-order valence-corrected chi connectivity index (χ1v) is 13.5. The third-order valence-corrected chi connectivity index (χ3v) is 6.95. The van der Waals surface area contributed by atoms with Crippen molar-refractivity contribution in [3.8, 4) is 0 Å². The predicted octanol–water partition coefficient (Wildman–Crippen LogP) is 7.81. The van der Waals surface area contributed by atoms with E-state index in [0.29, 0.717) is 22.7 Å². The molecule has 4 amide bonds. The number of carbonyl (C=O) groups excluding carboxylic acids is 3. The van der Waals surface area contributed by atoms with Gasteiger partial charge in [-0.1, -0.05) is 49.9 Å². The van der Waals surface area contributed by atoms with Crippen molar-refractivity contribution in [3.05, 3.63) is 94.5 Å². The molecular formula is C29H24F6N4O3S. The van der Waals surface area contributed by atoms with E-state index in [1.165, 1.54) is 18.2 Å². The number of thioether (sulfide) groups is 1. The van der Waals surface area contributed by atoms with Gasteiger partial charge in [0, 0.05) is 28.5 Å². The van der Waals surface area contributed by atoms with E-state index in [9.17, 15) is 40.7 Å². The second kappa shape index (κ2) is 12.4. The molecule has 1 heterocycles. The standard InChI is InChI=1S/C29H24F6N4O3S/c1-16(2)15-39-25(40)23(36-19-7-4-3-5-8-19)24(26(39)41)43-22-10-6-9-20(14-22)37-27(42)38-21-12-17(28(30,31)32)11-18(13-21)29(33,34)35/h3-14,16,36H,15H2,1-2H3,(H2,37,38,42). The summed E-state index contributed by atoms with van der Waals surface area (Å²) in [6, 6.07) is 14.4. The Morgan fingerprint density at radius 2 is 1.35 bits per heavy atom. The molecular weight excluding hydrogens is 598 g/mol. The second-order valence-electron chi connectivity index (χ2n) is 9.81. The normalized spacial score (nSPS) is 14.0. The van der Waals surface area contributed by atoms with E-state index in [1.807, 2.05) is 19.2 Å². The molecule has 4 rings (SSSR count). The minimum Gasteiger partial charge on any atom is -0.350 e. The highest BCUT2D eigenvalue weighted by Gasteiger charge is 2.40. The molecule has 0 bridgehead atoms. The molecule has 3 aromatic carbocycles. The number of nitrogens with zero attached hydrogens (tertiary/aromatic N) is 1. The topological polar surface area (TPSA) is 90.5 Å². The van der Waals surface area contributed by atoms with E-state index in [1.54, 1.807) is 36.4 Å². The Morgan fingerprint density at radius 3 is 1.93 bits per heavy atom. The predicted molar refractivity (Wildman–Crippen MR) is 150 cm³/mol. The van der Waals surface area contributed by atoms with Gasteiger partial charge in [0.05, 0.1) is 11.1 Å². The molecule has 0 atom stereocenters. The third-order valence-electron chi connectivity index (χ3n) is 5.87. The van der Waals surface area contributed by atoms with Crippen molar-refractivity contribution in [2.75, 3.05) is 22.5 Å². The van der Waals surface area contributed by atoms with E-state index < -0.39 is 47.0 Å². The fraction of sp³-hybridized carbons (Fsp3) is 0.207. The maximum Gasteiger partial charge on any atom is 0.416 e. The molecule has 0 saturated carbocycles. The summed E-state index contributed by atoms with van der Waals surface area (Å²) >= 11 is 0.959. The maximum atomic E-state index is 13.3. The number of alkyl halides is 6. The van der Waals surface area contributed by atoms with Gasteiger partial charge in [-0.25, -0.2) is 4.79 Å². The SMILES string of the molecule is CC(C)CN1C(=O)C(Nc2ccccc2)=C(Sc2cccc(NC(=O)Nc3cc(C(F)(F)F)cc(C(F)(F)F)c3)c2)C1=O. The molecule has 3 N–H and O–H groups in total. The van der Waals surface area contributed by atoms with Crippen LogP contribution in [0.2, 0.25) is 0 Å². The smallest absolute Gasteiger partial charge is 0.350 e. The number of carbonyl (C=O) groups is 3. The Bertz CT molecular complexity index is 1540. The van der Waals surface area contributed by atoms with E-state index in [4.69, 9.17) is 0 Å². The number of hydrogen-bond acceptors (Lipinski definition) is 5. The summed E-state index contributed by atoms with van der Waals surface area (Å²) in [5.41, 5.74) is -3.09. The lowest BCUT2D eigenvalue weighted by atomic mass is 10.1. The van der Waals surface area contributed by atoms with Crippen molar-refractivity contribution in [3.63, 3.8) is 0 Å². The molecule has 0 unspecified atom stereocenters. The van der Waals surface area contributed by atoms with Gasteiger partial charge in [-0.3, -0.25) is 14.5 Å². The summed E-state index contributed by atoms with van der Waals surface area (Å²) < 4.78 is 79.0. The van der Waals surface area contributed by atoms with Gasteiger partial charge >= 0.3 is 18.4 Å². The fourth-order valence-corrected chi connectivity index (χ4v) is 5.04. The van der Waals surface area contributed by atoms with Crippen LogP contribution in [-0.2, 0) is 21.9 Å². The Labute approximate surface area is 246 Å². The molecule has 0 spiro atoms. The summed E-state index contributed by atoms with van der Waals surface area (Å²) in [6.45, 7) is 3.91. The van der Waals surface area contributed by atoms with Gasteiger partial charge in [-0.05, 0) is 54.4 Å². The number of para-hydroxylation sites is 1. The molecule has 1 aliphatic rings. The van der Waals surface area contributed by atoms with Crippen LogP contribution in [0.25, 0.3) is 0 Å². The molecule has 0 saturated heterocycles. The summed E-state index contributed by atoms with van der Waals surface area (Å²) in [5.74, 6) is -1.01. The highest BCUT2D eigenvalue weighted by atomic mass is 32.2. The maximum absolute atomic E-state index is 13.3. The zero-order chi connectivity index (χ0) is 31.5. The van der Waals surface area contributed by atoms with Crippen LogP contribution in [0, 0.1) is 5.92 Å². The zero-order valence-electron chi connectivity index (χ0n) is 22.6. The monoisotopic (exact) mass is 622 g/mol. The molecule has 1 aliphatic heterocycles. The number of anilines is 3. The van der Waals surface area contributed by atoms with E-state index in [-0.39, 0.29) is 34.8 Å². The zero-order valence-corrected chi connectivity index (χ0v) is 23.4. The molecule has 0 aliphatic carbocycles. The second-order valence-corrected chi connectivity index (χ2v) is 10.9. The average molecular weight is 623 g/mol. The summed E-state index contributed by atoms with van der Waals surface area (Å²) in [6.07, 6.45) is -10.2. The van der Waals surface area contributed by atoms with E-state index >= 15 is 0 Å². The number of benzene rings is 3. The van der Waals surface area contributed by atoms with Gasteiger partial charge in [0.1, 0.15) is 10.6 Å². The Morgan fingerprint density at radius 1 is 0.767 bits per heavy atom. The minimum absolute atomic E-state index is 0.00491. The molecule has 7 nitrogen and oxygen atoms in total. The van der Waals surface area contributed by atoms with Crippen LogP contribution in [0.1, 0.15) is 25.0 Å². The highest BCUT2D eigenvalue weighted by molar-refractivity contribution is 8.04. The number of hydrogen-bond donors (Lipinski definition) is 3. The van der Waals surface area contributed by atoms with Crippen LogP contribution in [0.3, 0.4) is 0 Å². The number of halogens is 6. The molecule has 3 aromatic rings. The van der Waals surface area contributed by atoms with Gasteiger partial charge in [-0.15, -0.1) is 0 Å². The summed E-state index contributed by atoms with van der Waals surface area (Å²) in [4.78, 5) is 40.7. The molecule has 0 aromatic heterocycles. The van der Waals surface area contributed by atoms with Crippen molar-refractivity contribution < 1.29 is 40.7 Å². The van der Waals surface area contributed by atoms with Crippen LogP contribution < -0.4 is 16.0 Å². The Kier molecular flexibility index (Phi) is 9.09. The van der Waals surface area contributed by atoms with E-state index in [0.717, 1.165) is 16.7 Å². The van der Waals surface area contributed by atoms with Gasteiger partial charge < -0.3 is 16.0 Å². The minimum atomic E-state index is -5.08. The first-order valence-electron chi connectivity index (χ1n) is 12.7. The number of urea groups is 1. The number of amides is 4. The van der Waals surface area contributed by atoms with Crippen LogP contribution >= 0.6 is 11.8 Å². The molecule has 14 heteroatoms. The van der Waals surface area contributed by atoms with Crippen LogP contribution in [0.4, 0.5) is 48.2 Å². The summed E-state index contributed by atoms with van der Waals surface area (Å²) in [5, 5.41) is 7.36. The highest BCUT2D eigenvalue weighted by Crippen LogP contribution is 2.39. The van der Waals surface area contributed by atoms with Crippen molar-refractivity contribution in [2.24, 2.45) is 5.92 Å². The van der Waals surface area contributed by atoms with Gasteiger partial charge in [0.25, 0.3) is 11.8 Å². The summed E-state index contributed by atoms with van der Waals surface area (Å²) in [7, 11) is 0. The lowest BCUT2D eigenvalue weighted by Crippen LogP contribution is -2.35. The van der Waals surface area contributed by atoms with Crippen LogP contribution in [-0.4, -0.2) is 29.3 Å². The van der Waals surface area contributed by atoms with Crippen LogP contribution in [0.15, 0.2) is 88.3 Å². The largest absolute Gasteiger partial charge is 0.416 e. The van der Waals surface area contributed by atoms with E-state index in [2.05, 4.69) is 10.6 Å². The number of nitrogens with one attached hydrogen (secondary N) is 3. The van der Waals surface area contributed by atoms with Gasteiger partial charge in [-0.2, -0.15) is 26.3 Å². The Hall–Kier alpha value is -4.46. The number of imide groups is 1. The molecule has 0 fully saturated rings. The molecule has 226 valence electrons. The number of rotatable bonds is 8. The van der Waals surface area contributed by atoms with Crippen molar-refractivity contribution >= 4 is 46.7 Å². The first-order chi connectivity index (χ1) is 20.1.